The van der Waals surface area contributed by atoms with E-state index < -0.39 is 9.84 Å². The van der Waals surface area contributed by atoms with Gasteiger partial charge in [0.25, 0.3) is 0 Å². The van der Waals surface area contributed by atoms with Crippen LogP contribution in [0, 0.1) is 0 Å². The number of fused-ring (bicyclic) bond motifs is 1. The second-order valence-corrected chi connectivity index (χ2v) is 8.15. The molecule has 2 heterocycles. The van der Waals surface area contributed by atoms with E-state index in [2.05, 4.69) is 30.6 Å². The van der Waals surface area contributed by atoms with Gasteiger partial charge in [-0.3, -0.25) is 9.80 Å². The third-order valence-corrected chi connectivity index (χ3v) is 5.39. The van der Waals surface area contributed by atoms with Crippen molar-refractivity contribution in [1.82, 2.24) is 9.80 Å². The van der Waals surface area contributed by atoms with Crippen LogP contribution in [0.25, 0.3) is 0 Å². The molecule has 0 aliphatic carbocycles. The highest BCUT2D eigenvalue weighted by atomic mass is 32.2. The summed E-state index contributed by atoms with van der Waals surface area (Å²) in [5, 5.41) is 0. The van der Waals surface area contributed by atoms with Crippen LogP contribution in [0.4, 0.5) is 0 Å². The van der Waals surface area contributed by atoms with Gasteiger partial charge in [-0.15, -0.1) is 0 Å². The van der Waals surface area contributed by atoms with Crippen molar-refractivity contribution < 1.29 is 8.42 Å². The minimum absolute atomic E-state index is 0.146. The van der Waals surface area contributed by atoms with E-state index in [0.29, 0.717) is 11.5 Å². The summed E-state index contributed by atoms with van der Waals surface area (Å²) in [4.78, 5) is 4.73. The minimum Gasteiger partial charge on any atom is -0.296 e. The Morgan fingerprint density at radius 2 is 1.81 bits per heavy atom. The average Bonchev–Trinajstić information content (AvgIpc) is 2.13. The van der Waals surface area contributed by atoms with E-state index >= 15 is 0 Å². The van der Waals surface area contributed by atoms with Crippen LogP contribution in [0.5, 0.6) is 0 Å². The average molecular weight is 246 g/mol. The summed E-state index contributed by atoms with van der Waals surface area (Å²) in [6, 6.07) is 0.215. The molecule has 5 heteroatoms. The third kappa shape index (κ3) is 2.57. The van der Waals surface area contributed by atoms with Gasteiger partial charge in [0.2, 0.25) is 0 Å². The van der Waals surface area contributed by atoms with Gasteiger partial charge < -0.3 is 0 Å². The second-order valence-electron chi connectivity index (χ2n) is 5.92. The molecule has 2 saturated heterocycles. The van der Waals surface area contributed by atoms with E-state index in [4.69, 9.17) is 0 Å². The van der Waals surface area contributed by atoms with Crippen molar-refractivity contribution in [3.63, 3.8) is 0 Å². The lowest BCUT2D eigenvalue weighted by atomic mass is 10.0. The number of sulfone groups is 1. The van der Waals surface area contributed by atoms with Gasteiger partial charge in [-0.05, 0) is 20.8 Å². The van der Waals surface area contributed by atoms with Crippen molar-refractivity contribution in [2.24, 2.45) is 0 Å². The summed E-state index contributed by atoms with van der Waals surface area (Å²) in [5.74, 6) is 0.693. The van der Waals surface area contributed by atoms with Crippen LogP contribution in [-0.4, -0.2) is 67.5 Å². The lowest BCUT2D eigenvalue weighted by molar-refractivity contribution is 0.0299. The van der Waals surface area contributed by atoms with Gasteiger partial charge in [0.1, 0.15) is 0 Å². The summed E-state index contributed by atoms with van der Waals surface area (Å²) in [6.45, 7) is 10.3. The summed E-state index contributed by atoms with van der Waals surface area (Å²) < 4.78 is 23.2. The summed E-state index contributed by atoms with van der Waals surface area (Å²) in [6.07, 6.45) is 0. The van der Waals surface area contributed by atoms with Crippen LogP contribution in [-0.2, 0) is 9.84 Å². The normalized spacial score (nSPS) is 32.3. The first-order chi connectivity index (χ1) is 7.28. The molecule has 0 aromatic heterocycles. The Balaban J connectivity index is 2.07. The Kier molecular flexibility index (Phi) is 3.05. The number of hydrogen-bond donors (Lipinski definition) is 0. The molecule has 0 N–H and O–H groups in total. The number of rotatable bonds is 0. The third-order valence-electron chi connectivity index (χ3n) is 3.69. The largest absolute Gasteiger partial charge is 0.296 e. The number of piperazine rings is 1. The fourth-order valence-corrected chi connectivity index (χ4v) is 4.17. The monoisotopic (exact) mass is 246 g/mol. The zero-order chi connectivity index (χ0) is 12.0. The summed E-state index contributed by atoms with van der Waals surface area (Å²) in [7, 11) is -2.79. The molecule has 0 bridgehead atoms. The van der Waals surface area contributed by atoms with Gasteiger partial charge in [0.05, 0.1) is 11.5 Å². The Hall–Kier alpha value is -0.130. The van der Waals surface area contributed by atoms with Crippen molar-refractivity contribution in [3.05, 3.63) is 0 Å². The highest BCUT2D eigenvalue weighted by molar-refractivity contribution is 7.91. The Bertz CT molecular complexity index is 359. The fourth-order valence-electron chi connectivity index (χ4n) is 2.59. The van der Waals surface area contributed by atoms with Crippen molar-refractivity contribution >= 4 is 9.84 Å². The highest BCUT2D eigenvalue weighted by Crippen LogP contribution is 2.22. The quantitative estimate of drug-likeness (QED) is 0.612. The Morgan fingerprint density at radius 1 is 1.12 bits per heavy atom. The topological polar surface area (TPSA) is 40.6 Å². The van der Waals surface area contributed by atoms with E-state index in [1.165, 1.54) is 0 Å². The van der Waals surface area contributed by atoms with Crippen LogP contribution in [0.3, 0.4) is 0 Å². The van der Waals surface area contributed by atoms with Gasteiger partial charge in [0, 0.05) is 37.8 Å². The second kappa shape index (κ2) is 3.96. The molecule has 0 aromatic carbocycles. The standard InChI is InChI=1S/C11H22N2O2S/c1-11(2,3)13-5-4-12-6-7-16(14,15)9-10(12)8-13/h10H,4-9H2,1-3H3. The first-order valence-electron chi connectivity index (χ1n) is 5.97. The lowest BCUT2D eigenvalue weighted by Crippen LogP contribution is -2.62. The van der Waals surface area contributed by atoms with Gasteiger partial charge in [-0.25, -0.2) is 8.42 Å². The smallest absolute Gasteiger partial charge is 0.153 e. The molecule has 0 saturated carbocycles. The summed E-state index contributed by atoms with van der Waals surface area (Å²) in [5.41, 5.74) is 0.146. The van der Waals surface area contributed by atoms with E-state index in [1.54, 1.807) is 0 Å². The van der Waals surface area contributed by atoms with E-state index in [-0.39, 0.29) is 11.6 Å². The molecule has 16 heavy (non-hydrogen) atoms. The van der Waals surface area contributed by atoms with Gasteiger partial charge in [-0.1, -0.05) is 0 Å². The van der Waals surface area contributed by atoms with Gasteiger partial charge in [-0.2, -0.15) is 0 Å². The zero-order valence-electron chi connectivity index (χ0n) is 10.4. The highest BCUT2D eigenvalue weighted by Gasteiger charge is 2.37. The molecule has 2 fully saturated rings. The molecule has 0 spiro atoms. The van der Waals surface area contributed by atoms with Crippen LogP contribution < -0.4 is 0 Å². The molecule has 2 rings (SSSR count). The molecule has 1 atom stereocenters. The molecule has 2 aliphatic heterocycles. The predicted molar refractivity (Wildman–Crippen MR) is 65.3 cm³/mol. The van der Waals surface area contributed by atoms with Crippen LogP contribution in [0.1, 0.15) is 20.8 Å². The van der Waals surface area contributed by atoms with Crippen molar-refractivity contribution in [2.45, 2.75) is 32.4 Å². The fraction of sp³-hybridized carbons (Fsp3) is 1.00. The van der Waals surface area contributed by atoms with E-state index in [1.807, 2.05) is 0 Å². The number of nitrogens with zero attached hydrogens (tertiary/aromatic N) is 2. The lowest BCUT2D eigenvalue weighted by Gasteiger charge is -2.48. The molecule has 1 unspecified atom stereocenters. The maximum Gasteiger partial charge on any atom is 0.153 e. The first-order valence-corrected chi connectivity index (χ1v) is 7.80. The minimum atomic E-state index is -2.79. The molecule has 0 aromatic rings. The van der Waals surface area contributed by atoms with Crippen molar-refractivity contribution in [1.29, 1.82) is 0 Å². The van der Waals surface area contributed by atoms with Crippen molar-refractivity contribution in [2.75, 3.05) is 37.7 Å². The van der Waals surface area contributed by atoms with Crippen LogP contribution in [0.2, 0.25) is 0 Å². The summed E-state index contributed by atoms with van der Waals surface area (Å²) >= 11 is 0. The van der Waals surface area contributed by atoms with Crippen LogP contribution in [0.15, 0.2) is 0 Å². The number of hydrogen-bond acceptors (Lipinski definition) is 4. The molecule has 0 radical (unpaired) electrons. The van der Waals surface area contributed by atoms with E-state index in [9.17, 15) is 8.42 Å². The molecular formula is C11H22N2O2S. The Morgan fingerprint density at radius 3 is 2.44 bits per heavy atom. The first kappa shape index (κ1) is 12.3. The van der Waals surface area contributed by atoms with Crippen molar-refractivity contribution in [3.8, 4) is 0 Å². The van der Waals surface area contributed by atoms with E-state index in [0.717, 1.165) is 26.2 Å². The maximum atomic E-state index is 11.6. The molecule has 4 nitrogen and oxygen atoms in total. The molecule has 94 valence electrons. The zero-order valence-corrected chi connectivity index (χ0v) is 11.3. The SMILES string of the molecule is CC(C)(C)N1CCN2CCS(=O)(=O)CC2C1. The molecular weight excluding hydrogens is 224 g/mol. The molecule has 2 aliphatic rings. The predicted octanol–water partition coefficient (Wildman–Crippen LogP) is 0.200. The van der Waals surface area contributed by atoms with Gasteiger partial charge in [0.15, 0.2) is 9.84 Å². The maximum absolute atomic E-state index is 11.6. The van der Waals surface area contributed by atoms with Crippen LogP contribution >= 0.6 is 0 Å². The Labute approximate surface area is 98.5 Å². The molecule has 0 amide bonds. The van der Waals surface area contributed by atoms with Gasteiger partial charge >= 0.3 is 0 Å².